The number of hydrogen-bond acceptors (Lipinski definition) is 3. The molecule has 14 heavy (non-hydrogen) atoms. The quantitative estimate of drug-likeness (QED) is 0.776. The van der Waals surface area contributed by atoms with Crippen molar-refractivity contribution >= 4 is 0 Å². The van der Waals surface area contributed by atoms with Gasteiger partial charge in [0.1, 0.15) is 0 Å². The Morgan fingerprint density at radius 1 is 1.64 bits per heavy atom. The van der Waals surface area contributed by atoms with Crippen LogP contribution < -0.4 is 5.73 Å². The van der Waals surface area contributed by atoms with Gasteiger partial charge in [0.25, 0.3) is 0 Å². The summed E-state index contributed by atoms with van der Waals surface area (Å²) >= 11 is 0. The van der Waals surface area contributed by atoms with Crippen LogP contribution in [0.3, 0.4) is 0 Å². The van der Waals surface area contributed by atoms with Crippen molar-refractivity contribution < 1.29 is 4.74 Å². The molecule has 0 amide bonds. The fraction of sp³-hybridized carbons (Fsp3) is 0.700. The number of rotatable bonds is 3. The second-order valence-corrected chi connectivity index (χ2v) is 3.99. The molecule has 0 spiro atoms. The van der Waals surface area contributed by atoms with Crippen molar-refractivity contribution in [1.29, 1.82) is 0 Å². The van der Waals surface area contributed by atoms with Crippen LogP contribution in [0.1, 0.15) is 25.0 Å². The number of hydrogen-bond donors (Lipinski definition) is 1. The first kappa shape index (κ1) is 9.68. The largest absolute Gasteiger partial charge is 0.372 e. The zero-order chi connectivity index (χ0) is 9.97. The first-order valence-corrected chi connectivity index (χ1v) is 5.10. The third kappa shape index (κ3) is 2.33. The average Bonchev–Trinajstić information content (AvgIpc) is 2.72. The highest BCUT2D eigenvalue weighted by Gasteiger charge is 2.22. The van der Waals surface area contributed by atoms with Crippen LogP contribution in [0.15, 0.2) is 12.3 Å². The van der Waals surface area contributed by atoms with Crippen molar-refractivity contribution in [3.05, 3.63) is 18.0 Å². The van der Waals surface area contributed by atoms with Crippen LogP contribution in [0.5, 0.6) is 0 Å². The molecule has 2 atom stereocenters. The molecule has 0 aliphatic heterocycles. The molecule has 4 heteroatoms. The van der Waals surface area contributed by atoms with Gasteiger partial charge in [-0.1, -0.05) is 0 Å². The SMILES string of the molecule is Cn1ccc(COC2CCC(N)C2)n1. The first-order valence-electron chi connectivity index (χ1n) is 5.10. The summed E-state index contributed by atoms with van der Waals surface area (Å²) in [5.41, 5.74) is 6.79. The van der Waals surface area contributed by atoms with E-state index in [9.17, 15) is 0 Å². The van der Waals surface area contributed by atoms with Gasteiger partial charge in [0, 0.05) is 19.3 Å². The predicted octanol–water partition coefficient (Wildman–Crippen LogP) is 0.816. The standard InChI is InChI=1S/C10H17N3O/c1-13-5-4-9(12-13)7-14-10-3-2-8(11)6-10/h4-5,8,10H,2-3,6-7,11H2,1H3. The van der Waals surface area contributed by atoms with Gasteiger partial charge in [-0.15, -0.1) is 0 Å². The Hall–Kier alpha value is -0.870. The Kier molecular flexibility index (Phi) is 2.84. The van der Waals surface area contributed by atoms with E-state index in [-0.39, 0.29) is 0 Å². The van der Waals surface area contributed by atoms with Crippen LogP contribution in [-0.4, -0.2) is 21.9 Å². The Morgan fingerprint density at radius 2 is 2.50 bits per heavy atom. The van der Waals surface area contributed by atoms with Crippen LogP contribution in [0.2, 0.25) is 0 Å². The van der Waals surface area contributed by atoms with E-state index in [1.807, 2.05) is 19.3 Å². The second-order valence-electron chi connectivity index (χ2n) is 3.99. The van der Waals surface area contributed by atoms with Crippen LogP contribution in [-0.2, 0) is 18.4 Å². The molecule has 1 aliphatic carbocycles. The number of nitrogens with two attached hydrogens (primary N) is 1. The number of nitrogens with zero attached hydrogens (tertiary/aromatic N) is 2. The first-order chi connectivity index (χ1) is 6.74. The summed E-state index contributed by atoms with van der Waals surface area (Å²) in [5.74, 6) is 0. The minimum atomic E-state index is 0.337. The van der Waals surface area contributed by atoms with E-state index < -0.39 is 0 Å². The van der Waals surface area contributed by atoms with Gasteiger partial charge in [-0.25, -0.2) is 0 Å². The maximum absolute atomic E-state index is 5.80. The van der Waals surface area contributed by atoms with Gasteiger partial charge < -0.3 is 10.5 Å². The lowest BCUT2D eigenvalue weighted by Gasteiger charge is -2.09. The van der Waals surface area contributed by atoms with Gasteiger partial charge in [0.2, 0.25) is 0 Å². The van der Waals surface area contributed by atoms with Crippen molar-refractivity contribution in [2.24, 2.45) is 12.8 Å². The maximum atomic E-state index is 5.80. The molecule has 0 aromatic carbocycles. The fourth-order valence-corrected chi connectivity index (χ4v) is 1.87. The monoisotopic (exact) mass is 195 g/mol. The lowest BCUT2D eigenvalue weighted by molar-refractivity contribution is 0.0427. The van der Waals surface area contributed by atoms with Crippen LogP contribution in [0.25, 0.3) is 0 Å². The zero-order valence-electron chi connectivity index (χ0n) is 8.52. The molecule has 1 aromatic heterocycles. The van der Waals surface area contributed by atoms with E-state index in [0.29, 0.717) is 18.8 Å². The summed E-state index contributed by atoms with van der Waals surface area (Å²) < 4.78 is 7.51. The molecule has 0 saturated heterocycles. The van der Waals surface area contributed by atoms with Crippen LogP contribution in [0.4, 0.5) is 0 Å². The minimum Gasteiger partial charge on any atom is -0.372 e. The molecule has 78 valence electrons. The summed E-state index contributed by atoms with van der Waals surface area (Å²) in [6.45, 7) is 0.609. The van der Waals surface area contributed by atoms with E-state index in [1.165, 1.54) is 0 Å². The summed E-state index contributed by atoms with van der Waals surface area (Å²) in [5, 5.41) is 4.25. The smallest absolute Gasteiger partial charge is 0.0910 e. The molecular formula is C10H17N3O. The van der Waals surface area contributed by atoms with E-state index in [2.05, 4.69) is 5.10 Å². The molecule has 1 aliphatic rings. The van der Waals surface area contributed by atoms with Gasteiger partial charge in [0.15, 0.2) is 0 Å². The van der Waals surface area contributed by atoms with Crippen molar-refractivity contribution in [3.8, 4) is 0 Å². The topological polar surface area (TPSA) is 53.1 Å². The summed E-state index contributed by atoms with van der Waals surface area (Å²) in [6.07, 6.45) is 5.44. The molecule has 2 N–H and O–H groups in total. The van der Waals surface area contributed by atoms with E-state index >= 15 is 0 Å². The Labute approximate surface area is 84.0 Å². The number of aryl methyl sites for hydroxylation is 1. The predicted molar refractivity (Wildman–Crippen MR) is 53.6 cm³/mol. The normalized spacial score (nSPS) is 27.0. The highest BCUT2D eigenvalue weighted by molar-refractivity contribution is 4.96. The van der Waals surface area contributed by atoms with Gasteiger partial charge in [-0.05, 0) is 25.3 Å². The molecule has 2 rings (SSSR count). The van der Waals surface area contributed by atoms with E-state index in [1.54, 1.807) is 4.68 Å². The van der Waals surface area contributed by atoms with E-state index in [4.69, 9.17) is 10.5 Å². The third-order valence-electron chi connectivity index (χ3n) is 2.66. The van der Waals surface area contributed by atoms with Gasteiger partial charge in [-0.2, -0.15) is 5.10 Å². The zero-order valence-corrected chi connectivity index (χ0v) is 8.52. The molecule has 1 heterocycles. The lowest BCUT2D eigenvalue weighted by atomic mass is 10.3. The van der Waals surface area contributed by atoms with Gasteiger partial charge in [-0.3, -0.25) is 4.68 Å². The molecule has 2 unspecified atom stereocenters. The van der Waals surface area contributed by atoms with Gasteiger partial charge in [0.05, 0.1) is 18.4 Å². The number of ether oxygens (including phenoxy) is 1. The maximum Gasteiger partial charge on any atom is 0.0910 e. The van der Waals surface area contributed by atoms with Crippen molar-refractivity contribution in [3.63, 3.8) is 0 Å². The van der Waals surface area contributed by atoms with Crippen molar-refractivity contribution in [1.82, 2.24) is 9.78 Å². The van der Waals surface area contributed by atoms with Crippen LogP contribution >= 0.6 is 0 Å². The van der Waals surface area contributed by atoms with Gasteiger partial charge >= 0.3 is 0 Å². The highest BCUT2D eigenvalue weighted by atomic mass is 16.5. The highest BCUT2D eigenvalue weighted by Crippen LogP contribution is 2.21. The van der Waals surface area contributed by atoms with Crippen molar-refractivity contribution in [2.75, 3.05) is 0 Å². The molecule has 1 aromatic rings. The lowest BCUT2D eigenvalue weighted by Crippen LogP contribution is -2.17. The molecular weight excluding hydrogens is 178 g/mol. The second kappa shape index (κ2) is 4.11. The fourth-order valence-electron chi connectivity index (χ4n) is 1.87. The third-order valence-corrected chi connectivity index (χ3v) is 2.66. The Balaban J connectivity index is 1.77. The number of aromatic nitrogens is 2. The average molecular weight is 195 g/mol. The minimum absolute atomic E-state index is 0.337. The molecule has 1 saturated carbocycles. The molecule has 1 fully saturated rings. The van der Waals surface area contributed by atoms with Crippen LogP contribution in [0, 0.1) is 0 Å². The molecule has 0 bridgehead atoms. The molecule has 0 radical (unpaired) electrons. The summed E-state index contributed by atoms with van der Waals surface area (Å²) in [4.78, 5) is 0. The van der Waals surface area contributed by atoms with Crippen molar-refractivity contribution in [2.45, 2.75) is 38.0 Å². The Bertz CT molecular complexity index is 297. The Morgan fingerprint density at radius 3 is 3.07 bits per heavy atom. The molecule has 4 nitrogen and oxygen atoms in total. The van der Waals surface area contributed by atoms with E-state index in [0.717, 1.165) is 25.0 Å². The summed E-state index contributed by atoms with van der Waals surface area (Å²) in [7, 11) is 1.91. The summed E-state index contributed by atoms with van der Waals surface area (Å²) in [6, 6.07) is 2.32.